The number of aliphatic hydroxyl groups is 2. The molecule has 0 aromatic carbocycles. The minimum atomic E-state index is -1.56. The van der Waals surface area contributed by atoms with Crippen molar-refractivity contribution in [1.82, 2.24) is 19.5 Å². The number of imidazole rings is 1. The average molecular weight is 476 g/mol. The fourth-order valence-electron chi connectivity index (χ4n) is 4.22. The Morgan fingerprint density at radius 2 is 1.94 bits per heavy atom. The van der Waals surface area contributed by atoms with Crippen LogP contribution < -0.4 is 5.32 Å². The third-order valence-corrected chi connectivity index (χ3v) is 6.26. The molecule has 0 spiro atoms. The standard InChI is InChI=1S/C24H34FN5O4/c1-3-5-6-7-8-9-10-11-12-13-18(33)27-21-20-22(29-23(25)28-21)30(16-26-20)19-14-17(32)24(4-2,15-31)34-19/h2,16-17,19,31-32H,3,5-15H2,1H3,(H,27,28,29,33)/t17-,19+,24+/m0/s1. The summed E-state index contributed by atoms with van der Waals surface area (Å²) in [5, 5.41) is 22.5. The number of nitrogens with one attached hydrogen (secondary N) is 1. The molecule has 0 bridgehead atoms. The predicted molar refractivity (Wildman–Crippen MR) is 125 cm³/mol. The first-order valence-corrected chi connectivity index (χ1v) is 12.1. The monoisotopic (exact) mass is 475 g/mol. The van der Waals surface area contributed by atoms with Crippen molar-refractivity contribution < 1.29 is 24.1 Å². The minimum Gasteiger partial charge on any atom is -0.392 e. The maximum atomic E-state index is 14.2. The number of ether oxygens (including phenoxy) is 1. The molecule has 1 aliphatic heterocycles. The Morgan fingerprint density at radius 3 is 2.56 bits per heavy atom. The lowest BCUT2D eigenvalue weighted by atomic mass is 9.99. The van der Waals surface area contributed by atoms with Gasteiger partial charge in [0.15, 0.2) is 22.6 Å². The quantitative estimate of drug-likeness (QED) is 0.230. The van der Waals surface area contributed by atoms with Crippen LogP contribution in [0.2, 0.25) is 0 Å². The van der Waals surface area contributed by atoms with E-state index in [0.717, 1.165) is 19.3 Å². The van der Waals surface area contributed by atoms with Crippen molar-refractivity contribution in [2.24, 2.45) is 0 Å². The van der Waals surface area contributed by atoms with Crippen LogP contribution in [0.4, 0.5) is 10.2 Å². The number of unbranched alkanes of at least 4 members (excludes halogenated alkanes) is 8. The number of hydrogen-bond acceptors (Lipinski definition) is 7. The van der Waals surface area contributed by atoms with E-state index in [2.05, 4.69) is 33.1 Å². The molecule has 34 heavy (non-hydrogen) atoms. The van der Waals surface area contributed by atoms with Gasteiger partial charge in [0, 0.05) is 12.8 Å². The molecule has 1 amide bonds. The average Bonchev–Trinajstić information content (AvgIpc) is 3.39. The van der Waals surface area contributed by atoms with E-state index in [4.69, 9.17) is 11.2 Å². The fourth-order valence-corrected chi connectivity index (χ4v) is 4.22. The van der Waals surface area contributed by atoms with E-state index in [1.807, 2.05) is 0 Å². The van der Waals surface area contributed by atoms with E-state index in [1.165, 1.54) is 49.4 Å². The van der Waals surface area contributed by atoms with Crippen molar-refractivity contribution in [3.05, 3.63) is 12.4 Å². The Balaban J connectivity index is 1.57. The molecule has 3 heterocycles. The maximum Gasteiger partial charge on any atom is 0.312 e. The van der Waals surface area contributed by atoms with Crippen LogP contribution in [0.25, 0.3) is 11.2 Å². The van der Waals surface area contributed by atoms with Gasteiger partial charge in [0.05, 0.1) is 12.9 Å². The van der Waals surface area contributed by atoms with Crippen molar-refractivity contribution in [2.45, 2.75) is 95.5 Å². The van der Waals surface area contributed by atoms with Gasteiger partial charge in [-0.1, -0.05) is 64.2 Å². The number of nitrogens with zero attached hydrogens (tertiary/aromatic N) is 4. The van der Waals surface area contributed by atoms with Crippen LogP contribution in [0.1, 0.15) is 83.8 Å². The lowest BCUT2D eigenvalue weighted by Gasteiger charge is -2.23. The largest absolute Gasteiger partial charge is 0.392 e. The Kier molecular flexibility index (Phi) is 9.33. The molecule has 10 heteroatoms. The molecule has 1 aliphatic rings. The number of amides is 1. The molecule has 0 unspecified atom stereocenters. The zero-order valence-corrected chi connectivity index (χ0v) is 19.7. The molecule has 0 radical (unpaired) electrons. The SMILES string of the molecule is C#C[C@]1(CO)O[C@@H](n2cnc3c(NC(=O)CCCCCCCCCCC)nc(F)nc32)C[C@@H]1O. The Morgan fingerprint density at radius 1 is 1.26 bits per heavy atom. The first-order valence-electron chi connectivity index (χ1n) is 12.1. The number of terminal acetylenes is 1. The highest BCUT2D eigenvalue weighted by Gasteiger charge is 2.47. The van der Waals surface area contributed by atoms with Crippen LogP contribution in [0.3, 0.4) is 0 Å². The molecule has 3 N–H and O–H groups in total. The summed E-state index contributed by atoms with van der Waals surface area (Å²) in [6.45, 7) is 1.63. The van der Waals surface area contributed by atoms with Crippen LogP contribution >= 0.6 is 0 Å². The van der Waals surface area contributed by atoms with Crippen molar-refractivity contribution in [3.8, 4) is 12.3 Å². The van der Waals surface area contributed by atoms with E-state index in [1.54, 1.807) is 0 Å². The second-order valence-corrected chi connectivity index (χ2v) is 8.81. The summed E-state index contributed by atoms with van der Waals surface area (Å²) in [7, 11) is 0. The van der Waals surface area contributed by atoms with Gasteiger partial charge >= 0.3 is 6.08 Å². The number of halogens is 1. The topological polar surface area (TPSA) is 122 Å². The first-order chi connectivity index (χ1) is 16.4. The highest BCUT2D eigenvalue weighted by molar-refractivity contribution is 5.96. The van der Waals surface area contributed by atoms with E-state index in [-0.39, 0.29) is 29.3 Å². The number of carbonyl (C=O) groups excluding carboxylic acids is 1. The summed E-state index contributed by atoms with van der Waals surface area (Å²) >= 11 is 0. The van der Waals surface area contributed by atoms with Gasteiger partial charge in [-0.15, -0.1) is 6.42 Å². The summed E-state index contributed by atoms with van der Waals surface area (Å²) < 4.78 is 21.3. The molecule has 0 saturated carbocycles. The summed E-state index contributed by atoms with van der Waals surface area (Å²) in [5.74, 6) is 2.00. The number of hydrogen-bond donors (Lipinski definition) is 3. The smallest absolute Gasteiger partial charge is 0.312 e. The predicted octanol–water partition coefficient (Wildman–Crippen LogP) is 3.47. The van der Waals surface area contributed by atoms with Gasteiger partial charge in [0.25, 0.3) is 0 Å². The fraction of sp³-hybridized carbons (Fsp3) is 0.667. The molecule has 3 rings (SSSR count). The number of aromatic nitrogens is 4. The molecular formula is C24H34FN5O4. The molecule has 2 aromatic rings. The number of fused-ring (bicyclic) bond motifs is 1. The first kappa shape index (κ1) is 26.0. The number of anilines is 1. The van der Waals surface area contributed by atoms with E-state index >= 15 is 0 Å². The van der Waals surface area contributed by atoms with Gasteiger partial charge in [0.1, 0.15) is 12.3 Å². The van der Waals surface area contributed by atoms with Crippen molar-refractivity contribution >= 4 is 22.9 Å². The summed E-state index contributed by atoms with van der Waals surface area (Å²) in [6, 6.07) is 0. The normalized spacial score (nSPS) is 22.2. The van der Waals surface area contributed by atoms with E-state index < -0.39 is 30.6 Å². The van der Waals surface area contributed by atoms with E-state index in [9.17, 15) is 19.4 Å². The van der Waals surface area contributed by atoms with Gasteiger partial charge in [-0.2, -0.15) is 14.4 Å². The summed E-state index contributed by atoms with van der Waals surface area (Å²) in [6.07, 6.45) is 14.5. The Labute approximate surface area is 199 Å². The molecule has 9 nitrogen and oxygen atoms in total. The molecule has 3 atom stereocenters. The van der Waals surface area contributed by atoms with Gasteiger partial charge in [-0.25, -0.2) is 4.98 Å². The zero-order chi connectivity index (χ0) is 24.6. The lowest BCUT2D eigenvalue weighted by molar-refractivity contribution is -0.116. The van der Waals surface area contributed by atoms with Gasteiger partial charge in [-0.05, 0) is 6.42 Å². The highest BCUT2D eigenvalue weighted by atomic mass is 19.1. The molecule has 1 fully saturated rings. The van der Waals surface area contributed by atoms with Crippen molar-refractivity contribution in [3.63, 3.8) is 0 Å². The minimum absolute atomic E-state index is 0.0221. The Hall–Kier alpha value is -2.61. The van der Waals surface area contributed by atoms with Gasteiger partial charge in [0.2, 0.25) is 5.91 Å². The maximum absolute atomic E-state index is 14.2. The number of rotatable bonds is 13. The van der Waals surface area contributed by atoms with Gasteiger partial charge < -0.3 is 20.3 Å². The molecule has 2 aromatic heterocycles. The van der Waals surface area contributed by atoms with Crippen LogP contribution in [0.5, 0.6) is 0 Å². The van der Waals surface area contributed by atoms with Gasteiger partial charge in [-0.3, -0.25) is 9.36 Å². The zero-order valence-electron chi connectivity index (χ0n) is 19.7. The van der Waals surface area contributed by atoms with Crippen LogP contribution in [0.15, 0.2) is 6.33 Å². The second-order valence-electron chi connectivity index (χ2n) is 8.81. The molecular weight excluding hydrogens is 441 g/mol. The second kappa shape index (κ2) is 12.2. The molecule has 0 aliphatic carbocycles. The number of aliphatic hydroxyl groups excluding tert-OH is 2. The third kappa shape index (κ3) is 6.09. The van der Waals surface area contributed by atoms with Crippen LogP contribution in [0, 0.1) is 18.4 Å². The summed E-state index contributed by atoms with van der Waals surface area (Å²) in [5.41, 5.74) is -1.27. The summed E-state index contributed by atoms with van der Waals surface area (Å²) in [4.78, 5) is 24.1. The van der Waals surface area contributed by atoms with E-state index in [0.29, 0.717) is 6.42 Å². The van der Waals surface area contributed by atoms with Crippen LogP contribution in [-0.4, -0.2) is 54.0 Å². The molecule has 1 saturated heterocycles. The van der Waals surface area contributed by atoms with Crippen molar-refractivity contribution in [2.75, 3.05) is 11.9 Å². The lowest BCUT2D eigenvalue weighted by Crippen LogP contribution is -2.41. The molecule has 186 valence electrons. The van der Waals surface area contributed by atoms with Crippen LogP contribution in [-0.2, 0) is 9.53 Å². The number of carbonyl (C=O) groups is 1. The Bertz CT molecular complexity index is 1010. The third-order valence-electron chi connectivity index (χ3n) is 6.26. The van der Waals surface area contributed by atoms with Crippen molar-refractivity contribution in [1.29, 1.82) is 0 Å². The highest BCUT2D eigenvalue weighted by Crippen LogP contribution is 2.37.